The van der Waals surface area contributed by atoms with E-state index in [-0.39, 0.29) is 18.9 Å². The fourth-order valence-electron chi connectivity index (χ4n) is 3.07. The molecule has 2 aromatic heterocycles. The molecule has 0 aliphatic rings. The van der Waals surface area contributed by atoms with Crippen molar-refractivity contribution in [3.63, 3.8) is 0 Å². The zero-order valence-electron chi connectivity index (χ0n) is 15.7. The maximum Gasteiger partial charge on any atom is 0.416 e. The fraction of sp³-hybridized carbons (Fsp3) is 0.136. The quantitative estimate of drug-likeness (QED) is 0.534. The molecule has 0 fully saturated rings. The van der Waals surface area contributed by atoms with Crippen LogP contribution in [0.15, 0.2) is 73.2 Å². The van der Waals surface area contributed by atoms with Crippen molar-refractivity contribution in [3.8, 4) is 5.82 Å². The number of carbonyl (C=O) groups excluding carboxylic acids is 1. The standard InChI is InChI=1S/C22H17F3N4O/c23-22(24,25)17-8-5-15(6-9-17)11-21(30)27-13-16-7-10-20(26-12-16)29-14-28-18-3-1-2-4-19(18)29/h1-10,12,14H,11,13H2,(H,27,30). The van der Waals surface area contributed by atoms with Gasteiger partial charge < -0.3 is 5.32 Å². The Hall–Kier alpha value is -3.68. The van der Waals surface area contributed by atoms with E-state index in [0.717, 1.165) is 28.7 Å². The summed E-state index contributed by atoms with van der Waals surface area (Å²) in [6.07, 6.45) is -1.01. The highest BCUT2D eigenvalue weighted by molar-refractivity contribution is 5.78. The lowest BCUT2D eigenvalue weighted by Crippen LogP contribution is -2.24. The van der Waals surface area contributed by atoms with Crippen LogP contribution in [0.2, 0.25) is 0 Å². The number of carbonyl (C=O) groups is 1. The molecule has 30 heavy (non-hydrogen) atoms. The zero-order valence-corrected chi connectivity index (χ0v) is 15.7. The Morgan fingerprint density at radius 3 is 2.37 bits per heavy atom. The maximum absolute atomic E-state index is 12.6. The van der Waals surface area contributed by atoms with Gasteiger partial charge in [0.05, 0.1) is 23.0 Å². The number of pyridine rings is 1. The molecule has 8 heteroatoms. The van der Waals surface area contributed by atoms with Crippen molar-refractivity contribution in [1.29, 1.82) is 0 Å². The summed E-state index contributed by atoms with van der Waals surface area (Å²) in [5.74, 6) is 0.433. The molecule has 0 aliphatic heterocycles. The highest BCUT2D eigenvalue weighted by atomic mass is 19.4. The number of fused-ring (bicyclic) bond motifs is 1. The van der Waals surface area contributed by atoms with Gasteiger partial charge in [-0.05, 0) is 41.5 Å². The summed E-state index contributed by atoms with van der Waals surface area (Å²) in [6, 6.07) is 16.0. The molecule has 0 atom stereocenters. The summed E-state index contributed by atoms with van der Waals surface area (Å²) in [6.45, 7) is 0.275. The lowest BCUT2D eigenvalue weighted by Gasteiger charge is -2.09. The smallest absolute Gasteiger partial charge is 0.352 e. The Morgan fingerprint density at radius 1 is 0.933 bits per heavy atom. The molecular formula is C22H17F3N4O. The largest absolute Gasteiger partial charge is 0.416 e. The van der Waals surface area contributed by atoms with Gasteiger partial charge in [0.15, 0.2) is 0 Å². The van der Waals surface area contributed by atoms with Gasteiger partial charge in [0.2, 0.25) is 5.91 Å². The number of nitrogens with one attached hydrogen (secondary N) is 1. The van der Waals surface area contributed by atoms with Gasteiger partial charge in [-0.25, -0.2) is 9.97 Å². The van der Waals surface area contributed by atoms with Crippen molar-refractivity contribution in [1.82, 2.24) is 19.9 Å². The van der Waals surface area contributed by atoms with Crippen LogP contribution in [0.1, 0.15) is 16.7 Å². The molecule has 2 heterocycles. The first-order chi connectivity index (χ1) is 14.4. The number of imidazole rings is 1. The summed E-state index contributed by atoms with van der Waals surface area (Å²) in [5, 5.41) is 2.76. The predicted molar refractivity (Wildman–Crippen MR) is 106 cm³/mol. The first kappa shape index (κ1) is 19.6. The molecule has 1 N–H and O–H groups in total. The molecule has 0 spiro atoms. The minimum atomic E-state index is -4.39. The topological polar surface area (TPSA) is 59.8 Å². The maximum atomic E-state index is 12.6. The third-order valence-corrected chi connectivity index (χ3v) is 4.65. The molecule has 4 rings (SSSR count). The zero-order chi connectivity index (χ0) is 21.1. The summed E-state index contributed by atoms with van der Waals surface area (Å²) < 4.78 is 39.7. The molecule has 0 saturated carbocycles. The highest BCUT2D eigenvalue weighted by Gasteiger charge is 2.29. The Morgan fingerprint density at radius 2 is 1.67 bits per heavy atom. The second-order valence-electron chi connectivity index (χ2n) is 6.78. The second-order valence-corrected chi connectivity index (χ2v) is 6.78. The number of alkyl halides is 3. The van der Waals surface area contributed by atoms with Gasteiger partial charge in [0.25, 0.3) is 0 Å². The van der Waals surface area contributed by atoms with Crippen LogP contribution < -0.4 is 5.32 Å². The van der Waals surface area contributed by atoms with Crippen molar-refractivity contribution >= 4 is 16.9 Å². The molecule has 0 bridgehead atoms. The first-order valence-corrected chi connectivity index (χ1v) is 9.20. The summed E-state index contributed by atoms with van der Waals surface area (Å²) in [4.78, 5) is 20.9. The van der Waals surface area contributed by atoms with E-state index in [0.29, 0.717) is 11.4 Å². The van der Waals surface area contributed by atoms with Gasteiger partial charge in [0.1, 0.15) is 12.1 Å². The van der Waals surface area contributed by atoms with Crippen molar-refractivity contribution in [2.24, 2.45) is 0 Å². The van der Waals surface area contributed by atoms with E-state index in [1.807, 2.05) is 41.0 Å². The second kappa shape index (κ2) is 7.98. The molecule has 0 aliphatic carbocycles. The predicted octanol–water partition coefficient (Wildman–Crippen LogP) is 4.30. The van der Waals surface area contributed by atoms with E-state index in [4.69, 9.17) is 0 Å². The van der Waals surface area contributed by atoms with Crippen LogP contribution in [0.3, 0.4) is 0 Å². The van der Waals surface area contributed by atoms with Crippen LogP contribution in [0, 0.1) is 0 Å². The Labute approximate surface area is 170 Å². The van der Waals surface area contributed by atoms with Crippen LogP contribution >= 0.6 is 0 Å². The fourth-order valence-corrected chi connectivity index (χ4v) is 3.07. The van der Waals surface area contributed by atoms with E-state index < -0.39 is 11.7 Å². The summed E-state index contributed by atoms with van der Waals surface area (Å²) >= 11 is 0. The molecular weight excluding hydrogens is 393 g/mol. The molecule has 0 radical (unpaired) electrons. The van der Waals surface area contributed by atoms with E-state index in [9.17, 15) is 18.0 Å². The molecule has 5 nitrogen and oxygen atoms in total. The number of nitrogens with zero attached hydrogens (tertiary/aromatic N) is 3. The van der Waals surface area contributed by atoms with Crippen molar-refractivity contribution < 1.29 is 18.0 Å². The Bertz CT molecular complexity index is 1170. The molecule has 2 aromatic carbocycles. The minimum Gasteiger partial charge on any atom is -0.352 e. The summed E-state index contributed by atoms with van der Waals surface area (Å²) in [5.41, 5.74) is 2.41. The number of amides is 1. The lowest BCUT2D eigenvalue weighted by molar-refractivity contribution is -0.137. The van der Waals surface area contributed by atoms with Gasteiger partial charge in [-0.2, -0.15) is 13.2 Å². The summed E-state index contributed by atoms with van der Waals surface area (Å²) in [7, 11) is 0. The minimum absolute atomic E-state index is 0.00464. The first-order valence-electron chi connectivity index (χ1n) is 9.20. The van der Waals surface area contributed by atoms with E-state index in [2.05, 4.69) is 15.3 Å². The third kappa shape index (κ3) is 4.32. The Kier molecular flexibility index (Phi) is 5.22. The average molecular weight is 410 g/mol. The number of hydrogen-bond donors (Lipinski definition) is 1. The van der Waals surface area contributed by atoms with Gasteiger partial charge in [-0.15, -0.1) is 0 Å². The molecule has 0 unspecified atom stereocenters. The van der Waals surface area contributed by atoms with E-state index in [1.54, 1.807) is 12.5 Å². The van der Waals surface area contributed by atoms with E-state index in [1.165, 1.54) is 12.1 Å². The van der Waals surface area contributed by atoms with Crippen molar-refractivity contribution in [3.05, 3.63) is 89.9 Å². The van der Waals surface area contributed by atoms with Crippen molar-refractivity contribution in [2.75, 3.05) is 0 Å². The molecule has 4 aromatic rings. The normalized spacial score (nSPS) is 11.6. The molecule has 1 amide bonds. The number of rotatable bonds is 5. The number of hydrogen-bond acceptors (Lipinski definition) is 3. The number of para-hydroxylation sites is 2. The van der Waals surface area contributed by atoms with Gasteiger partial charge in [0, 0.05) is 12.7 Å². The van der Waals surface area contributed by atoms with Crippen LogP contribution in [0.5, 0.6) is 0 Å². The molecule has 152 valence electrons. The highest BCUT2D eigenvalue weighted by Crippen LogP contribution is 2.29. The van der Waals surface area contributed by atoms with Gasteiger partial charge >= 0.3 is 6.18 Å². The monoisotopic (exact) mass is 410 g/mol. The van der Waals surface area contributed by atoms with Crippen LogP contribution in [-0.4, -0.2) is 20.4 Å². The lowest BCUT2D eigenvalue weighted by atomic mass is 10.1. The van der Waals surface area contributed by atoms with Crippen LogP contribution in [0.4, 0.5) is 13.2 Å². The van der Waals surface area contributed by atoms with Crippen LogP contribution in [-0.2, 0) is 23.9 Å². The van der Waals surface area contributed by atoms with Crippen LogP contribution in [0.25, 0.3) is 16.9 Å². The molecule has 0 saturated heterocycles. The van der Waals surface area contributed by atoms with Crippen molar-refractivity contribution in [2.45, 2.75) is 19.1 Å². The Balaban J connectivity index is 1.35. The number of benzene rings is 2. The van der Waals surface area contributed by atoms with E-state index >= 15 is 0 Å². The average Bonchev–Trinajstić information content (AvgIpc) is 3.17. The van der Waals surface area contributed by atoms with Gasteiger partial charge in [-0.3, -0.25) is 9.36 Å². The van der Waals surface area contributed by atoms with Gasteiger partial charge in [-0.1, -0.05) is 30.3 Å². The SMILES string of the molecule is O=C(Cc1ccc(C(F)(F)F)cc1)NCc1ccc(-n2cnc3ccccc32)nc1. The number of aromatic nitrogens is 3. The number of halogens is 3. The third-order valence-electron chi connectivity index (χ3n) is 4.65.